The van der Waals surface area contributed by atoms with Crippen molar-refractivity contribution in [1.29, 1.82) is 0 Å². The van der Waals surface area contributed by atoms with Crippen molar-refractivity contribution in [3.8, 4) is 5.75 Å². The molecule has 0 aliphatic rings. The normalized spacial score (nSPS) is 10.4. The van der Waals surface area contributed by atoms with Crippen LogP contribution in [-0.4, -0.2) is 41.5 Å². The Morgan fingerprint density at radius 1 is 1.24 bits per heavy atom. The number of hydrogen-bond donors (Lipinski definition) is 1. The molecule has 0 fully saturated rings. The lowest BCUT2D eigenvalue weighted by atomic mass is 10.2. The maximum absolute atomic E-state index is 12.6. The number of hydrogen-bond acceptors (Lipinski definition) is 5. The molecule has 1 aromatic carbocycles. The van der Waals surface area contributed by atoms with Crippen LogP contribution in [0.4, 0.5) is 11.6 Å². The molecule has 0 aliphatic carbocycles. The predicted molar refractivity (Wildman–Crippen MR) is 99.7 cm³/mol. The summed E-state index contributed by atoms with van der Waals surface area (Å²) < 4.78 is 5.37. The molecule has 1 heterocycles. The molecule has 1 amide bonds. The van der Waals surface area contributed by atoms with Crippen LogP contribution in [0.5, 0.6) is 5.75 Å². The molecule has 0 spiro atoms. The summed E-state index contributed by atoms with van der Waals surface area (Å²) >= 11 is 0. The third-order valence-electron chi connectivity index (χ3n) is 3.87. The fourth-order valence-corrected chi connectivity index (χ4v) is 2.47. The maximum atomic E-state index is 12.6. The number of carbonyl (C=O) groups is 1. The lowest BCUT2D eigenvalue weighted by Crippen LogP contribution is -2.28. The van der Waals surface area contributed by atoms with E-state index in [1.54, 1.807) is 25.1 Å². The minimum atomic E-state index is -0.0989. The van der Waals surface area contributed by atoms with E-state index in [0.717, 1.165) is 29.8 Å². The molecule has 6 heteroatoms. The molecule has 0 unspecified atom stereocenters. The predicted octanol–water partition coefficient (Wildman–Crippen LogP) is 3.72. The number of unbranched alkanes of at least 4 members (excludes halogenated alkanes) is 1. The largest absolute Gasteiger partial charge is 0.495 e. The first-order valence-electron chi connectivity index (χ1n) is 8.47. The zero-order valence-corrected chi connectivity index (χ0v) is 15.6. The van der Waals surface area contributed by atoms with Crippen molar-refractivity contribution in [2.45, 2.75) is 33.6 Å². The zero-order valence-electron chi connectivity index (χ0n) is 15.6. The number of aryl methyl sites for hydroxylation is 2. The van der Waals surface area contributed by atoms with E-state index in [1.807, 2.05) is 32.0 Å². The van der Waals surface area contributed by atoms with Gasteiger partial charge >= 0.3 is 0 Å². The van der Waals surface area contributed by atoms with Crippen LogP contribution in [0.15, 0.2) is 24.3 Å². The molecular weight excluding hydrogens is 316 g/mol. The average Bonchev–Trinajstić information content (AvgIpc) is 2.58. The minimum Gasteiger partial charge on any atom is -0.495 e. The first-order valence-corrected chi connectivity index (χ1v) is 8.47. The fourth-order valence-electron chi connectivity index (χ4n) is 2.47. The molecule has 0 bridgehead atoms. The Bertz CT molecular complexity index is 746. The van der Waals surface area contributed by atoms with Crippen LogP contribution < -0.4 is 10.1 Å². The summed E-state index contributed by atoms with van der Waals surface area (Å²) in [5.74, 6) is 0.984. The summed E-state index contributed by atoms with van der Waals surface area (Å²) in [6.45, 7) is 6.67. The molecule has 0 atom stereocenters. The van der Waals surface area contributed by atoms with E-state index < -0.39 is 0 Å². The number of nitrogens with zero attached hydrogens (tertiary/aromatic N) is 3. The van der Waals surface area contributed by atoms with Gasteiger partial charge in [0, 0.05) is 19.3 Å². The van der Waals surface area contributed by atoms with Gasteiger partial charge < -0.3 is 15.0 Å². The van der Waals surface area contributed by atoms with Gasteiger partial charge in [0.25, 0.3) is 5.91 Å². The molecular formula is C19H26N4O2. The highest BCUT2D eigenvalue weighted by atomic mass is 16.5. The van der Waals surface area contributed by atoms with Crippen LogP contribution in [0.1, 0.15) is 41.5 Å². The van der Waals surface area contributed by atoms with Gasteiger partial charge in [-0.05, 0) is 44.0 Å². The van der Waals surface area contributed by atoms with E-state index in [-0.39, 0.29) is 5.91 Å². The van der Waals surface area contributed by atoms with E-state index in [2.05, 4.69) is 22.2 Å². The Morgan fingerprint density at radius 2 is 2.00 bits per heavy atom. The SMILES string of the molecule is CCCCN(C)C(=O)c1cc(C)nc(Nc2cc(C)ccc2OC)n1. The molecule has 0 radical (unpaired) electrons. The Balaban J connectivity index is 2.27. The quantitative estimate of drug-likeness (QED) is 0.830. The lowest BCUT2D eigenvalue weighted by molar-refractivity contribution is 0.0787. The molecule has 134 valence electrons. The van der Waals surface area contributed by atoms with Gasteiger partial charge in [-0.2, -0.15) is 0 Å². The van der Waals surface area contributed by atoms with Gasteiger partial charge in [0.1, 0.15) is 11.4 Å². The molecule has 1 N–H and O–H groups in total. The highest BCUT2D eigenvalue weighted by molar-refractivity contribution is 5.92. The standard InChI is InChI=1S/C19H26N4O2/c1-6-7-10-23(4)18(24)16-12-14(3)20-19(22-16)21-15-11-13(2)8-9-17(15)25-5/h8-9,11-12H,6-7,10H2,1-5H3,(H,20,21,22). The Labute approximate surface area is 149 Å². The van der Waals surface area contributed by atoms with Crippen LogP contribution >= 0.6 is 0 Å². The monoisotopic (exact) mass is 342 g/mol. The summed E-state index contributed by atoms with van der Waals surface area (Å²) in [5, 5.41) is 3.16. The Morgan fingerprint density at radius 3 is 2.68 bits per heavy atom. The number of methoxy groups -OCH3 is 1. The number of amides is 1. The highest BCUT2D eigenvalue weighted by Crippen LogP contribution is 2.27. The molecule has 2 aromatic rings. The van der Waals surface area contributed by atoms with Crippen molar-refractivity contribution in [2.24, 2.45) is 0 Å². The average molecular weight is 342 g/mol. The third-order valence-corrected chi connectivity index (χ3v) is 3.87. The van der Waals surface area contributed by atoms with Crippen molar-refractivity contribution >= 4 is 17.5 Å². The summed E-state index contributed by atoms with van der Waals surface area (Å²) in [5.41, 5.74) is 2.98. The second-order valence-corrected chi connectivity index (χ2v) is 6.13. The summed E-state index contributed by atoms with van der Waals surface area (Å²) in [6.07, 6.45) is 2.01. The summed E-state index contributed by atoms with van der Waals surface area (Å²) in [6, 6.07) is 7.53. The summed E-state index contributed by atoms with van der Waals surface area (Å²) in [7, 11) is 3.41. The van der Waals surface area contributed by atoms with Crippen molar-refractivity contribution in [3.05, 3.63) is 41.2 Å². The van der Waals surface area contributed by atoms with Gasteiger partial charge in [0.15, 0.2) is 0 Å². The van der Waals surface area contributed by atoms with Gasteiger partial charge in [-0.3, -0.25) is 4.79 Å². The topological polar surface area (TPSA) is 67.4 Å². The highest BCUT2D eigenvalue weighted by Gasteiger charge is 2.15. The van der Waals surface area contributed by atoms with Crippen LogP contribution in [0, 0.1) is 13.8 Å². The van der Waals surface area contributed by atoms with E-state index in [0.29, 0.717) is 23.9 Å². The smallest absolute Gasteiger partial charge is 0.272 e. The van der Waals surface area contributed by atoms with Crippen molar-refractivity contribution < 1.29 is 9.53 Å². The second kappa shape index (κ2) is 8.46. The molecule has 1 aromatic heterocycles. The van der Waals surface area contributed by atoms with Gasteiger partial charge in [0.05, 0.1) is 12.8 Å². The third kappa shape index (κ3) is 4.92. The lowest BCUT2D eigenvalue weighted by Gasteiger charge is -2.17. The van der Waals surface area contributed by atoms with Crippen molar-refractivity contribution in [2.75, 3.05) is 26.0 Å². The van der Waals surface area contributed by atoms with Gasteiger partial charge in [-0.15, -0.1) is 0 Å². The number of carbonyl (C=O) groups excluding carboxylic acids is 1. The van der Waals surface area contributed by atoms with Gasteiger partial charge in [0.2, 0.25) is 5.95 Å². The second-order valence-electron chi connectivity index (χ2n) is 6.13. The minimum absolute atomic E-state index is 0.0989. The fraction of sp³-hybridized carbons (Fsp3) is 0.421. The number of ether oxygens (including phenoxy) is 1. The molecule has 6 nitrogen and oxygen atoms in total. The number of anilines is 2. The number of nitrogens with one attached hydrogen (secondary N) is 1. The summed E-state index contributed by atoms with van der Waals surface area (Å²) in [4.78, 5) is 23.0. The number of benzene rings is 1. The van der Waals surface area contributed by atoms with Crippen LogP contribution in [0.2, 0.25) is 0 Å². The van der Waals surface area contributed by atoms with Crippen LogP contribution in [0.25, 0.3) is 0 Å². The molecule has 2 rings (SSSR count). The number of aromatic nitrogens is 2. The van der Waals surface area contributed by atoms with E-state index in [4.69, 9.17) is 4.74 Å². The first kappa shape index (κ1) is 18.7. The van der Waals surface area contributed by atoms with E-state index >= 15 is 0 Å². The van der Waals surface area contributed by atoms with E-state index in [9.17, 15) is 4.79 Å². The number of rotatable bonds is 7. The molecule has 0 aliphatic heterocycles. The first-order chi connectivity index (χ1) is 11.9. The van der Waals surface area contributed by atoms with Crippen molar-refractivity contribution in [3.63, 3.8) is 0 Å². The molecule has 0 saturated carbocycles. The zero-order chi connectivity index (χ0) is 18.4. The maximum Gasteiger partial charge on any atom is 0.272 e. The Hall–Kier alpha value is -2.63. The molecule has 25 heavy (non-hydrogen) atoms. The van der Waals surface area contributed by atoms with E-state index in [1.165, 1.54) is 0 Å². The van der Waals surface area contributed by atoms with Crippen molar-refractivity contribution in [1.82, 2.24) is 14.9 Å². The van der Waals surface area contributed by atoms with Gasteiger partial charge in [-0.1, -0.05) is 19.4 Å². The van der Waals surface area contributed by atoms with Crippen LogP contribution in [-0.2, 0) is 0 Å². The molecule has 0 saturated heterocycles. The van der Waals surface area contributed by atoms with Crippen LogP contribution in [0.3, 0.4) is 0 Å². The Kier molecular flexibility index (Phi) is 6.33. The van der Waals surface area contributed by atoms with Gasteiger partial charge in [-0.25, -0.2) is 9.97 Å².